The van der Waals surface area contributed by atoms with Crippen LogP contribution < -0.4 is 16.0 Å². The molecule has 0 aliphatic rings. The zero-order chi connectivity index (χ0) is 12.1. The Morgan fingerprint density at radius 2 is 2.41 bits per heavy atom. The fourth-order valence-electron chi connectivity index (χ4n) is 1.61. The van der Waals surface area contributed by atoms with Crippen LogP contribution in [0.25, 0.3) is 0 Å². The van der Waals surface area contributed by atoms with Crippen LogP contribution >= 0.6 is 11.5 Å². The van der Waals surface area contributed by atoms with E-state index in [0.717, 1.165) is 23.4 Å². The van der Waals surface area contributed by atoms with E-state index in [4.69, 9.17) is 10.6 Å². The van der Waals surface area contributed by atoms with Crippen LogP contribution in [0.5, 0.6) is 5.75 Å². The van der Waals surface area contributed by atoms with Gasteiger partial charge in [-0.2, -0.15) is 0 Å². The topological polar surface area (TPSA) is 73.1 Å². The molecule has 0 fully saturated rings. The Morgan fingerprint density at radius 1 is 1.53 bits per heavy atom. The normalized spacial score (nSPS) is 12.4. The van der Waals surface area contributed by atoms with Gasteiger partial charge in [0, 0.05) is 5.38 Å². The molecule has 17 heavy (non-hydrogen) atoms. The number of nitrogens with one attached hydrogen (secondary N) is 1. The van der Waals surface area contributed by atoms with Gasteiger partial charge in [-0.1, -0.05) is 16.6 Å². The SMILES string of the molecule is COc1cccc(CC(NN)c2csnn2)c1. The number of nitrogens with two attached hydrogens (primary N) is 1. The van der Waals surface area contributed by atoms with Gasteiger partial charge in [-0.25, -0.2) is 0 Å². The lowest BCUT2D eigenvalue weighted by molar-refractivity contribution is 0.413. The zero-order valence-corrected chi connectivity index (χ0v) is 10.3. The molecule has 1 aromatic carbocycles. The summed E-state index contributed by atoms with van der Waals surface area (Å²) in [6, 6.07) is 7.87. The molecule has 90 valence electrons. The maximum atomic E-state index is 5.54. The van der Waals surface area contributed by atoms with Gasteiger partial charge in [0.1, 0.15) is 5.75 Å². The monoisotopic (exact) mass is 250 g/mol. The fourth-order valence-corrected chi connectivity index (χ4v) is 2.12. The zero-order valence-electron chi connectivity index (χ0n) is 9.46. The van der Waals surface area contributed by atoms with Crippen LogP contribution in [0.1, 0.15) is 17.3 Å². The third-order valence-electron chi connectivity index (χ3n) is 2.51. The summed E-state index contributed by atoms with van der Waals surface area (Å²) in [7, 11) is 1.65. The van der Waals surface area contributed by atoms with Crippen LogP contribution in [0.2, 0.25) is 0 Å². The Kier molecular flexibility index (Phi) is 4.03. The summed E-state index contributed by atoms with van der Waals surface area (Å²) in [5.74, 6) is 6.38. The average molecular weight is 250 g/mol. The largest absolute Gasteiger partial charge is 0.497 e. The van der Waals surface area contributed by atoms with Crippen molar-refractivity contribution in [1.82, 2.24) is 15.0 Å². The quantitative estimate of drug-likeness (QED) is 0.618. The fraction of sp³-hybridized carbons (Fsp3) is 0.273. The van der Waals surface area contributed by atoms with Gasteiger partial charge in [0.2, 0.25) is 0 Å². The molecule has 0 saturated heterocycles. The molecule has 2 aromatic rings. The Bertz CT molecular complexity index is 460. The molecule has 0 spiro atoms. The van der Waals surface area contributed by atoms with Crippen LogP contribution in [-0.4, -0.2) is 16.7 Å². The lowest BCUT2D eigenvalue weighted by Crippen LogP contribution is -2.29. The third kappa shape index (κ3) is 3.00. The summed E-state index contributed by atoms with van der Waals surface area (Å²) in [6.07, 6.45) is 0.749. The van der Waals surface area contributed by atoms with Crippen molar-refractivity contribution in [3.63, 3.8) is 0 Å². The number of hydrogen-bond acceptors (Lipinski definition) is 6. The smallest absolute Gasteiger partial charge is 0.119 e. The van der Waals surface area contributed by atoms with Crippen molar-refractivity contribution in [3.05, 3.63) is 40.9 Å². The summed E-state index contributed by atoms with van der Waals surface area (Å²) in [6.45, 7) is 0. The predicted molar refractivity (Wildman–Crippen MR) is 66.7 cm³/mol. The molecule has 0 bridgehead atoms. The van der Waals surface area contributed by atoms with Crippen molar-refractivity contribution in [2.75, 3.05) is 7.11 Å². The highest BCUT2D eigenvalue weighted by Crippen LogP contribution is 2.19. The van der Waals surface area contributed by atoms with E-state index >= 15 is 0 Å². The maximum Gasteiger partial charge on any atom is 0.119 e. The molecule has 1 atom stereocenters. The van der Waals surface area contributed by atoms with Gasteiger partial charge >= 0.3 is 0 Å². The van der Waals surface area contributed by atoms with Gasteiger partial charge in [0.05, 0.1) is 18.8 Å². The van der Waals surface area contributed by atoms with Crippen molar-refractivity contribution in [3.8, 4) is 5.75 Å². The minimum Gasteiger partial charge on any atom is -0.497 e. The second kappa shape index (κ2) is 5.72. The second-order valence-corrected chi connectivity index (χ2v) is 4.21. The predicted octanol–water partition coefficient (Wildman–Crippen LogP) is 1.29. The molecule has 5 nitrogen and oxygen atoms in total. The highest BCUT2D eigenvalue weighted by atomic mass is 32.1. The first-order valence-electron chi connectivity index (χ1n) is 5.19. The van der Waals surface area contributed by atoms with E-state index in [1.54, 1.807) is 7.11 Å². The van der Waals surface area contributed by atoms with Crippen LogP contribution in [0.15, 0.2) is 29.6 Å². The van der Waals surface area contributed by atoms with E-state index in [0.29, 0.717) is 0 Å². The number of hydrogen-bond donors (Lipinski definition) is 2. The van der Waals surface area contributed by atoms with Crippen LogP contribution in [-0.2, 0) is 6.42 Å². The van der Waals surface area contributed by atoms with Crippen LogP contribution in [0.3, 0.4) is 0 Å². The minimum atomic E-state index is -0.0270. The highest BCUT2D eigenvalue weighted by molar-refractivity contribution is 7.03. The molecule has 1 aromatic heterocycles. The van der Waals surface area contributed by atoms with Crippen LogP contribution in [0, 0.1) is 0 Å². The van der Waals surface area contributed by atoms with Gasteiger partial charge in [-0.15, -0.1) is 5.10 Å². The Labute approximate surface area is 104 Å². The summed E-state index contributed by atoms with van der Waals surface area (Å²) in [5.41, 5.74) is 4.75. The van der Waals surface area contributed by atoms with E-state index < -0.39 is 0 Å². The Balaban J connectivity index is 2.13. The summed E-state index contributed by atoms with van der Waals surface area (Å²) >= 11 is 1.32. The molecule has 1 unspecified atom stereocenters. The summed E-state index contributed by atoms with van der Waals surface area (Å²) < 4.78 is 9.02. The van der Waals surface area contributed by atoms with Gasteiger partial charge in [-0.3, -0.25) is 11.3 Å². The van der Waals surface area contributed by atoms with Gasteiger partial charge in [0.25, 0.3) is 0 Å². The summed E-state index contributed by atoms with van der Waals surface area (Å²) in [5, 5.41) is 5.91. The molecule has 0 radical (unpaired) electrons. The minimum absolute atomic E-state index is 0.0270. The van der Waals surface area contributed by atoms with E-state index in [1.165, 1.54) is 11.5 Å². The Morgan fingerprint density at radius 3 is 3.06 bits per heavy atom. The van der Waals surface area contributed by atoms with E-state index in [-0.39, 0.29) is 6.04 Å². The lowest BCUT2D eigenvalue weighted by atomic mass is 10.0. The first kappa shape index (κ1) is 12.0. The number of benzene rings is 1. The number of methoxy groups -OCH3 is 1. The molecule has 0 aliphatic carbocycles. The van der Waals surface area contributed by atoms with Crippen molar-refractivity contribution in [1.29, 1.82) is 0 Å². The molecule has 0 saturated carbocycles. The molecule has 0 amide bonds. The van der Waals surface area contributed by atoms with Gasteiger partial charge < -0.3 is 4.74 Å². The lowest BCUT2D eigenvalue weighted by Gasteiger charge is -2.13. The standard InChI is InChI=1S/C11H14N4OS/c1-16-9-4-2-3-8(5-9)6-10(13-12)11-7-17-15-14-11/h2-5,7,10,13H,6,12H2,1H3. The molecule has 6 heteroatoms. The van der Waals surface area contributed by atoms with Crippen LogP contribution in [0.4, 0.5) is 0 Å². The van der Waals surface area contributed by atoms with Crippen molar-refractivity contribution >= 4 is 11.5 Å². The van der Waals surface area contributed by atoms with E-state index in [2.05, 4.69) is 15.0 Å². The van der Waals surface area contributed by atoms with E-state index in [1.807, 2.05) is 29.6 Å². The molecular formula is C11H14N4OS. The number of ether oxygens (including phenoxy) is 1. The van der Waals surface area contributed by atoms with Crippen molar-refractivity contribution < 1.29 is 4.74 Å². The number of hydrazine groups is 1. The van der Waals surface area contributed by atoms with Gasteiger partial charge in [0.15, 0.2) is 0 Å². The molecular weight excluding hydrogens is 236 g/mol. The number of rotatable bonds is 5. The number of nitrogens with zero attached hydrogens (tertiary/aromatic N) is 2. The molecule has 0 aliphatic heterocycles. The molecule has 2 rings (SSSR count). The van der Waals surface area contributed by atoms with Crippen molar-refractivity contribution in [2.45, 2.75) is 12.5 Å². The van der Waals surface area contributed by atoms with Crippen molar-refractivity contribution in [2.24, 2.45) is 5.84 Å². The van der Waals surface area contributed by atoms with Gasteiger partial charge in [-0.05, 0) is 35.6 Å². The average Bonchev–Trinajstić information content (AvgIpc) is 2.90. The second-order valence-electron chi connectivity index (χ2n) is 3.60. The number of aromatic nitrogens is 2. The first-order valence-corrected chi connectivity index (χ1v) is 6.03. The van der Waals surface area contributed by atoms with E-state index in [9.17, 15) is 0 Å². The third-order valence-corrected chi connectivity index (χ3v) is 3.03. The maximum absolute atomic E-state index is 5.54. The summed E-state index contributed by atoms with van der Waals surface area (Å²) in [4.78, 5) is 0. The Hall–Kier alpha value is -1.50. The molecule has 1 heterocycles. The highest BCUT2D eigenvalue weighted by Gasteiger charge is 2.13. The first-order chi connectivity index (χ1) is 8.33. The molecule has 3 N–H and O–H groups in total.